The molecule has 1 heterocycles. The molecule has 1 saturated heterocycles. The van der Waals surface area contributed by atoms with Gasteiger partial charge in [0.15, 0.2) is 0 Å². The number of hydrogen-bond donors (Lipinski definition) is 1. The first kappa shape index (κ1) is 18.7. The third-order valence-electron chi connectivity index (χ3n) is 4.05. The number of nitrogens with zero attached hydrogens (tertiary/aromatic N) is 2. The molecule has 0 unspecified atom stereocenters. The summed E-state index contributed by atoms with van der Waals surface area (Å²) in [6.45, 7) is 2.57. The number of amides is 1. The van der Waals surface area contributed by atoms with Gasteiger partial charge < -0.3 is 5.73 Å². The Kier molecular flexibility index (Phi) is 5.21. The van der Waals surface area contributed by atoms with Crippen molar-refractivity contribution in [3.05, 3.63) is 29.8 Å². The van der Waals surface area contributed by atoms with Gasteiger partial charge in [-0.2, -0.15) is 17.5 Å². The van der Waals surface area contributed by atoms with Gasteiger partial charge >= 0.3 is 6.18 Å². The monoisotopic (exact) mass is 365 g/mol. The molecule has 2 N–H and O–H groups in total. The van der Waals surface area contributed by atoms with Gasteiger partial charge in [0, 0.05) is 26.2 Å². The number of carbonyl (C=O) groups is 1. The number of alkyl halides is 3. The fraction of sp³-hybridized carbons (Fsp3) is 0.500. The number of piperazine rings is 1. The van der Waals surface area contributed by atoms with Crippen LogP contribution in [0.5, 0.6) is 0 Å². The highest BCUT2D eigenvalue weighted by molar-refractivity contribution is 7.89. The van der Waals surface area contributed by atoms with E-state index >= 15 is 0 Å². The molecule has 0 spiro atoms. The van der Waals surface area contributed by atoms with E-state index in [0.717, 1.165) is 24.3 Å². The molecular formula is C14H18F3N3O3S. The maximum atomic E-state index is 12.6. The molecule has 10 heteroatoms. The first-order valence-electron chi connectivity index (χ1n) is 7.24. The number of hydrogen-bond acceptors (Lipinski definition) is 4. The number of primary amides is 1. The fourth-order valence-electron chi connectivity index (χ4n) is 2.48. The Morgan fingerprint density at radius 1 is 1.12 bits per heavy atom. The lowest BCUT2D eigenvalue weighted by Crippen LogP contribution is -2.54. The van der Waals surface area contributed by atoms with Crippen LogP contribution in [0.1, 0.15) is 12.5 Å². The second-order valence-corrected chi connectivity index (χ2v) is 7.48. The third kappa shape index (κ3) is 3.87. The first-order chi connectivity index (χ1) is 11.0. The molecule has 6 nitrogen and oxygen atoms in total. The number of carbonyl (C=O) groups excluding carboxylic acids is 1. The first-order valence-corrected chi connectivity index (χ1v) is 8.68. The van der Waals surface area contributed by atoms with E-state index in [1.54, 1.807) is 11.8 Å². The van der Waals surface area contributed by atoms with Crippen LogP contribution in [0.3, 0.4) is 0 Å². The number of sulfonamides is 1. The number of nitrogens with two attached hydrogens (primary N) is 1. The Morgan fingerprint density at radius 2 is 1.62 bits per heavy atom. The smallest absolute Gasteiger partial charge is 0.368 e. The van der Waals surface area contributed by atoms with Gasteiger partial charge in [0.25, 0.3) is 0 Å². The summed E-state index contributed by atoms with van der Waals surface area (Å²) >= 11 is 0. The summed E-state index contributed by atoms with van der Waals surface area (Å²) in [4.78, 5) is 12.7. The van der Waals surface area contributed by atoms with Gasteiger partial charge in [-0.05, 0) is 31.2 Å². The minimum absolute atomic E-state index is 0.140. The molecule has 0 saturated carbocycles. The van der Waals surface area contributed by atoms with Gasteiger partial charge in [-0.15, -0.1) is 0 Å². The molecule has 1 amide bonds. The minimum atomic E-state index is -4.52. The van der Waals surface area contributed by atoms with Crippen LogP contribution in [-0.4, -0.2) is 55.8 Å². The molecule has 1 atom stereocenters. The van der Waals surface area contributed by atoms with Crippen LogP contribution in [0.15, 0.2) is 29.2 Å². The van der Waals surface area contributed by atoms with E-state index in [1.165, 1.54) is 4.31 Å². The molecule has 134 valence electrons. The Morgan fingerprint density at radius 3 is 2.04 bits per heavy atom. The largest absolute Gasteiger partial charge is 0.416 e. The number of benzene rings is 1. The lowest BCUT2D eigenvalue weighted by Gasteiger charge is -2.36. The maximum absolute atomic E-state index is 12.6. The second kappa shape index (κ2) is 6.69. The van der Waals surface area contributed by atoms with Crippen molar-refractivity contribution in [2.75, 3.05) is 26.2 Å². The highest BCUT2D eigenvalue weighted by atomic mass is 32.2. The molecule has 1 aromatic carbocycles. The van der Waals surface area contributed by atoms with Crippen LogP contribution in [-0.2, 0) is 21.0 Å². The highest BCUT2D eigenvalue weighted by Gasteiger charge is 2.33. The summed E-state index contributed by atoms with van der Waals surface area (Å²) < 4.78 is 63.8. The fourth-order valence-corrected chi connectivity index (χ4v) is 3.90. The number of halogens is 3. The average Bonchev–Trinajstić information content (AvgIpc) is 2.53. The van der Waals surface area contributed by atoms with E-state index in [-0.39, 0.29) is 18.0 Å². The summed E-state index contributed by atoms with van der Waals surface area (Å²) in [6.07, 6.45) is -4.52. The minimum Gasteiger partial charge on any atom is -0.368 e. The predicted octanol–water partition coefficient (Wildman–Crippen LogP) is 0.885. The van der Waals surface area contributed by atoms with E-state index in [9.17, 15) is 26.4 Å². The molecular weight excluding hydrogens is 347 g/mol. The lowest BCUT2D eigenvalue weighted by atomic mass is 10.2. The molecule has 0 aromatic heterocycles. The zero-order valence-corrected chi connectivity index (χ0v) is 13.8. The summed E-state index contributed by atoms with van der Waals surface area (Å²) in [7, 11) is -3.87. The van der Waals surface area contributed by atoms with Crippen LogP contribution >= 0.6 is 0 Å². The van der Waals surface area contributed by atoms with Crippen LogP contribution in [0.25, 0.3) is 0 Å². The molecule has 0 radical (unpaired) electrons. The van der Waals surface area contributed by atoms with Crippen molar-refractivity contribution in [2.45, 2.75) is 24.0 Å². The second-order valence-electron chi connectivity index (χ2n) is 5.54. The van der Waals surface area contributed by atoms with Crippen molar-refractivity contribution in [3.63, 3.8) is 0 Å². The average molecular weight is 365 g/mol. The molecule has 24 heavy (non-hydrogen) atoms. The molecule has 1 fully saturated rings. The van der Waals surface area contributed by atoms with Gasteiger partial charge in [-0.1, -0.05) is 0 Å². The molecule has 1 aliphatic rings. The molecule has 0 bridgehead atoms. The van der Waals surface area contributed by atoms with E-state index < -0.39 is 33.7 Å². The Labute approximate surface area is 138 Å². The highest BCUT2D eigenvalue weighted by Crippen LogP contribution is 2.30. The lowest BCUT2D eigenvalue weighted by molar-refractivity contribution is -0.137. The molecule has 1 aliphatic heterocycles. The van der Waals surface area contributed by atoms with Crippen molar-refractivity contribution >= 4 is 15.9 Å². The summed E-state index contributed by atoms with van der Waals surface area (Å²) in [6, 6.07) is 2.91. The summed E-state index contributed by atoms with van der Waals surface area (Å²) in [5.41, 5.74) is 4.32. The standard InChI is InChI=1S/C14H18F3N3O3S/c1-10(13(18)21)19-6-8-20(9-7-19)24(22,23)12-4-2-11(3-5-12)14(15,16)17/h2-5,10H,6-9H2,1H3,(H2,18,21)/t10-/m0/s1. The van der Waals surface area contributed by atoms with Crippen LogP contribution in [0.4, 0.5) is 13.2 Å². The molecule has 0 aliphatic carbocycles. The summed E-state index contributed by atoms with van der Waals surface area (Å²) in [5, 5.41) is 0. The molecule has 2 rings (SSSR count). The van der Waals surface area contributed by atoms with Crippen molar-refractivity contribution in [3.8, 4) is 0 Å². The van der Waals surface area contributed by atoms with Crippen molar-refractivity contribution < 1.29 is 26.4 Å². The quantitative estimate of drug-likeness (QED) is 0.859. The normalized spacial score (nSPS) is 19.2. The Bertz CT molecular complexity index is 696. The summed E-state index contributed by atoms with van der Waals surface area (Å²) in [5.74, 6) is -0.492. The van der Waals surface area contributed by atoms with E-state index in [4.69, 9.17) is 5.73 Å². The van der Waals surface area contributed by atoms with Gasteiger partial charge in [0.2, 0.25) is 15.9 Å². The van der Waals surface area contributed by atoms with E-state index in [1.807, 2.05) is 0 Å². The zero-order chi connectivity index (χ0) is 18.1. The van der Waals surface area contributed by atoms with Crippen molar-refractivity contribution in [2.24, 2.45) is 5.73 Å². The van der Waals surface area contributed by atoms with E-state index in [0.29, 0.717) is 13.1 Å². The van der Waals surface area contributed by atoms with Gasteiger partial charge in [-0.3, -0.25) is 9.69 Å². The van der Waals surface area contributed by atoms with Gasteiger partial charge in [0.05, 0.1) is 16.5 Å². The maximum Gasteiger partial charge on any atom is 0.416 e. The van der Waals surface area contributed by atoms with Crippen molar-refractivity contribution in [1.82, 2.24) is 9.21 Å². The Balaban J connectivity index is 2.11. The molecule has 1 aromatic rings. The predicted molar refractivity (Wildman–Crippen MR) is 80.4 cm³/mol. The number of rotatable bonds is 4. The Hall–Kier alpha value is -1.65. The van der Waals surface area contributed by atoms with E-state index in [2.05, 4.69) is 0 Å². The SMILES string of the molecule is C[C@@H](C(N)=O)N1CCN(S(=O)(=O)c2ccc(C(F)(F)F)cc2)CC1. The van der Waals surface area contributed by atoms with Crippen LogP contribution < -0.4 is 5.73 Å². The van der Waals surface area contributed by atoms with Gasteiger partial charge in [0.1, 0.15) is 0 Å². The topological polar surface area (TPSA) is 83.7 Å². The van der Waals surface area contributed by atoms with Crippen LogP contribution in [0.2, 0.25) is 0 Å². The zero-order valence-electron chi connectivity index (χ0n) is 13.0. The van der Waals surface area contributed by atoms with Gasteiger partial charge in [-0.25, -0.2) is 8.42 Å². The van der Waals surface area contributed by atoms with Crippen molar-refractivity contribution in [1.29, 1.82) is 0 Å². The van der Waals surface area contributed by atoms with Crippen LogP contribution in [0, 0.1) is 0 Å². The third-order valence-corrected chi connectivity index (χ3v) is 5.96.